The molecular formula is C30H38N2O3. The predicted octanol–water partition coefficient (Wildman–Crippen LogP) is 5.32. The van der Waals surface area contributed by atoms with Crippen LogP contribution in [0.3, 0.4) is 0 Å². The lowest BCUT2D eigenvalue weighted by Gasteiger charge is -2.48. The molecule has 2 aromatic rings. The molecule has 0 unspecified atom stereocenters. The predicted molar refractivity (Wildman–Crippen MR) is 138 cm³/mol. The highest BCUT2D eigenvalue weighted by atomic mass is 16.5. The zero-order valence-corrected chi connectivity index (χ0v) is 21.0. The number of likely N-dealkylation sites (tertiary alicyclic amines) is 2. The molecule has 1 aliphatic carbocycles. The molecular weight excluding hydrogens is 436 g/mol. The number of aryl methyl sites for hydroxylation is 1. The SMILES string of the molecule is COC1CCN(C(=O)c2ccc(-c3ccc4c(c3)CCC3(CCN(C5CCC5)CC3)O4)cc2)CC1. The number of carbonyl (C=O) groups excluding carboxylic acids is 1. The molecule has 2 aromatic carbocycles. The summed E-state index contributed by atoms with van der Waals surface area (Å²) in [5.41, 5.74) is 4.46. The van der Waals surface area contributed by atoms with Gasteiger partial charge in [0.1, 0.15) is 11.4 Å². The van der Waals surface area contributed by atoms with Crippen molar-refractivity contribution in [1.82, 2.24) is 9.80 Å². The number of hydrogen-bond donors (Lipinski definition) is 0. The standard InChI is InChI=1S/C30H38N2O3/c1-34-27-12-17-32(18-13-27)29(33)23-7-5-22(6-8-23)24-9-10-28-25(21-24)11-14-30(35-28)15-19-31(20-16-30)26-3-2-4-26/h5-10,21,26-27H,2-4,11-20H2,1H3. The second-order valence-electron chi connectivity index (χ2n) is 11.0. The summed E-state index contributed by atoms with van der Waals surface area (Å²) in [6.07, 6.45) is 10.8. The van der Waals surface area contributed by atoms with Crippen molar-refractivity contribution in [1.29, 1.82) is 0 Å². The fourth-order valence-corrected chi connectivity index (χ4v) is 6.38. The minimum Gasteiger partial charge on any atom is -0.487 e. The maximum atomic E-state index is 12.9. The van der Waals surface area contributed by atoms with Crippen molar-refractivity contribution < 1.29 is 14.3 Å². The average Bonchev–Trinajstić information content (AvgIpc) is 2.88. The first kappa shape index (κ1) is 23.1. The average molecular weight is 475 g/mol. The molecule has 3 aliphatic heterocycles. The van der Waals surface area contributed by atoms with Gasteiger partial charge in [-0.1, -0.05) is 24.6 Å². The van der Waals surface area contributed by atoms with Crippen molar-refractivity contribution in [2.45, 2.75) is 75.5 Å². The van der Waals surface area contributed by atoms with E-state index in [1.165, 1.54) is 43.5 Å². The van der Waals surface area contributed by atoms with Crippen LogP contribution in [0, 0.1) is 0 Å². The molecule has 6 rings (SSSR count). The Labute approximate surface area is 209 Å². The van der Waals surface area contributed by atoms with Gasteiger partial charge in [-0.15, -0.1) is 0 Å². The van der Waals surface area contributed by atoms with Crippen molar-refractivity contribution in [2.24, 2.45) is 0 Å². The highest BCUT2D eigenvalue weighted by Crippen LogP contribution is 2.42. The van der Waals surface area contributed by atoms with Crippen LogP contribution in [0.1, 0.15) is 67.3 Å². The molecule has 1 spiro atoms. The number of carbonyl (C=O) groups is 1. The normalized spacial score (nSPS) is 22.9. The maximum absolute atomic E-state index is 12.9. The third-order valence-electron chi connectivity index (χ3n) is 9.06. The monoisotopic (exact) mass is 474 g/mol. The van der Waals surface area contributed by atoms with Crippen molar-refractivity contribution >= 4 is 5.91 Å². The lowest BCUT2D eigenvalue weighted by Crippen LogP contribution is -2.53. The molecule has 0 bridgehead atoms. The van der Waals surface area contributed by atoms with E-state index < -0.39 is 0 Å². The number of ether oxygens (including phenoxy) is 2. The second kappa shape index (κ2) is 9.59. The Kier molecular flexibility index (Phi) is 6.32. The van der Waals surface area contributed by atoms with E-state index in [4.69, 9.17) is 9.47 Å². The highest BCUT2D eigenvalue weighted by molar-refractivity contribution is 5.94. The number of fused-ring (bicyclic) bond motifs is 1. The van der Waals surface area contributed by atoms with Crippen LogP contribution >= 0.6 is 0 Å². The third-order valence-corrected chi connectivity index (χ3v) is 9.06. The van der Waals surface area contributed by atoms with E-state index in [0.717, 1.165) is 74.5 Å². The summed E-state index contributed by atoms with van der Waals surface area (Å²) in [5, 5.41) is 0. The first-order chi connectivity index (χ1) is 17.1. The zero-order chi connectivity index (χ0) is 23.8. The van der Waals surface area contributed by atoms with Gasteiger partial charge in [0.2, 0.25) is 0 Å². The Morgan fingerprint density at radius 3 is 2.29 bits per heavy atom. The molecule has 3 heterocycles. The minimum atomic E-state index is 0.0362. The van der Waals surface area contributed by atoms with Gasteiger partial charge in [-0.3, -0.25) is 4.79 Å². The fraction of sp³-hybridized carbons (Fsp3) is 0.567. The number of benzene rings is 2. The smallest absolute Gasteiger partial charge is 0.253 e. The molecule has 3 fully saturated rings. The molecule has 5 heteroatoms. The van der Waals surface area contributed by atoms with E-state index in [-0.39, 0.29) is 17.6 Å². The topological polar surface area (TPSA) is 42.0 Å². The lowest BCUT2D eigenvalue weighted by atomic mass is 9.81. The molecule has 1 saturated carbocycles. The van der Waals surface area contributed by atoms with Crippen molar-refractivity contribution in [3.63, 3.8) is 0 Å². The van der Waals surface area contributed by atoms with Gasteiger partial charge >= 0.3 is 0 Å². The van der Waals surface area contributed by atoms with Crippen LogP contribution in [-0.4, -0.2) is 66.7 Å². The quantitative estimate of drug-likeness (QED) is 0.602. The van der Waals surface area contributed by atoms with E-state index in [2.05, 4.69) is 35.2 Å². The van der Waals surface area contributed by atoms with Crippen LogP contribution in [0.2, 0.25) is 0 Å². The third kappa shape index (κ3) is 4.61. The molecule has 0 aromatic heterocycles. The molecule has 35 heavy (non-hydrogen) atoms. The van der Waals surface area contributed by atoms with E-state index >= 15 is 0 Å². The van der Waals surface area contributed by atoms with E-state index in [9.17, 15) is 4.79 Å². The van der Waals surface area contributed by atoms with Crippen LogP contribution in [0.15, 0.2) is 42.5 Å². The zero-order valence-electron chi connectivity index (χ0n) is 21.0. The number of hydrogen-bond acceptors (Lipinski definition) is 4. The van der Waals surface area contributed by atoms with Gasteiger partial charge in [0.15, 0.2) is 0 Å². The summed E-state index contributed by atoms with van der Waals surface area (Å²) in [7, 11) is 1.76. The number of rotatable bonds is 4. The van der Waals surface area contributed by atoms with Gasteiger partial charge in [-0.05, 0) is 92.3 Å². The highest BCUT2D eigenvalue weighted by Gasteiger charge is 2.41. The minimum absolute atomic E-state index is 0.0362. The Hall–Kier alpha value is -2.37. The maximum Gasteiger partial charge on any atom is 0.253 e. The Morgan fingerprint density at radius 2 is 1.63 bits per heavy atom. The van der Waals surface area contributed by atoms with Crippen LogP contribution in [-0.2, 0) is 11.2 Å². The number of piperidine rings is 2. The van der Waals surface area contributed by atoms with Crippen molar-refractivity contribution in [3.05, 3.63) is 53.6 Å². The van der Waals surface area contributed by atoms with E-state index in [0.29, 0.717) is 0 Å². The van der Waals surface area contributed by atoms with Gasteiger partial charge in [0, 0.05) is 44.9 Å². The van der Waals surface area contributed by atoms with Gasteiger partial charge in [0.25, 0.3) is 5.91 Å². The van der Waals surface area contributed by atoms with Gasteiger partial charge in [-0.25, -0.2) is 0 Å². The van der Waals surface area contributed by atoms with Crippen LogP contribution in [0.4, 0.5) is 0 Å². The number of amides is 1. The Morgan fingerprint density at radius 1 is 0.914 bits per heavy atom. The molecule has 4 aliphatic rings. The molecule has 0 atom stereocenters. The molecule has 5 nitrogen and oxygen atoms in total. The van der Waals surface area contributed by atoms with Crippen LogP contribution < -0.4 is 4.74 Å². The molecule has 2 saturated heterocycles. The van der Waals surface area contributed by atoms with Crippen LogP contribution in [0.5, 0.6) is 5.75 Å². The number of nitrogens with zero attached hydrogens (tertiary/aromatic N) is 2. The summed E-state index contributed by atoms with van der Waals surface area (Å²) >= 11 is 0. The van der Waals surface area contributed by atoms with Gasteiger partial charge in [-0.2, -0.15) is 0 Å². The summed E-state index contributed by atoms with van der Waals surface area (Å²) < 4.78 is 12.1. The van der Waals surface area contributed by atoms with Gasteiger partial charge < -0.3 is 19.3 Å². The summed E-state index contributed by atoms with van der Waals surface area (Å²) in [6.45, 7) is 3.91. The van der Waals surface area contributed by atoms with Crippen LogP contribution in [0.25, 0.3) is 11.1 Å². The summed E-state index contributed by atoms with van der Waals surface area (Å²) in [5.74, 6) is 1.20. The fourth-order valence-electron chi connectivity index (χ4n) is 6.38. The van der Waals surface area contributed by atoms with Crippen molar-refractivity contribution in [2.75, 3.05) is 33.3 Å². The van der Waals surface area contributed by atoms with Gasteiger partial charge in [0.05, 0.1) is 6.10 Å². The molecule has 1 amide bonds. The van der Waals surface area contributed by atoms with E-state index in [1.807, 2.05) is 17.0 Å². The Bertz CT molecular complexity index is 1050. The first-order valence-corrected chi connectivity index (χ1v) is 13.6. The summed E-state index contributed by atoms with van der Waals surface area (Å²) in [4.78, 5) is 17.6. The molecule has 186 valence electrons. The van der Waals surface area contributed by atoms with Crippen molar-refractivity contribution in [3.8, 4) is 16.9 Å². The van der Waals surface area contributed by atoms with E-state index in [1.54, 1.807) is 7.11 Å². The summed E-state index contributed by atoms with van der Waals surface area (Å²) in [6, 6.07) is 15.6. The first-order valence-electron chi connectivity index (χ1n) is 13.6. The second-order valence-corrected chi connectivity index (χ2v) is 11.0. The number of methoxy groups -OCH3 is 1. The lowest BCUT2D eigenvalue weighted by molar-refractivity contribution is -0.0336. The largest absolute Gasteiger partial charge is 0.487 e. The Balaban J connectivity index is 1.10. The molecule has 0 radical (unpaired) electrons. The molecule has 0 N–H and O–H groups in total.